The largest absolute Gasteiger partial charge is 0.379 e. The number of pyridine rings is 1. The maximum absolute atomic E-state index is 13.3. The molecule has 1 saturated carbocycles. The smallest absolute Gasteiger partial charge is 0.249 e. The highest BCUT2D eigenvalue weighted by atomic mass is 16.5. The van der Waals surface area contributed by atoms with E-state index in [2.05, 4.69) is 30.7 Å². The molecular weight excluding hydrogens is 492 g/mol. The molecule has 204 valence electrons. The van der Waals surface area contributed by atoms with Gasteiger partial charge in [0.2, 0.25) is 11.8 Å². The second-order valence-corrected chi connectivity index (χ2v) is 10.6. The summed E-state index contributed by atoms with van der Waals surface area (Å²) in [6.45, 7) is 8.04. The third kappa shape index (κ3) is 7.19. The highest BCUT2D eigenvalue weighted by Crippen LogP contribution is 2.39. The van der Waals surface area contributed by atoms with E-state index in [4.69, 9.17) is 4.74 Å². The van der Waals surface area contributed by atoms with Crippen molar-refractivity contribution in [1.82, 2.24) is 20.1 Å². The lowest BCUT2D eigenvalue weighted by atomic mass is 9.86. The summed E-state index contributed by atoms with van der Waals surface area (Å²) in [5.41, 5.74) is 3.88. The fourth-order valence-corrected chi connectivity index (χ4v) is 4.86. The lowest BCUT2D eigenvalue weighted by Crippen LogP contribution is -2.36. The van der Waals surface area contributed by atoms with Gasteiger partial charge in [-0.25, -0.2) is 4.98 Å². The van der Waals surface area contributed by atoms with Crippen LogP contribution in [0.25, 0.3) is 11.1 Å². The number of aromatic nitrogens is 3. The SMILES string of the molecule is CC(C)[C@@H](C(=O)Nc1cc(C2CC2)[nH]n1)c1cccc(-c2ccc(NC(=O)/C=C/CN3CCOCC3)nc2)c1. The molecule has 0 bridgehead atoms. The van der Waals surface area contributed by atoms with Gasteiger partial charge in [-0.15, -0.1) is 0 Å². The predicted molar refractivity (Wildman–Crippen MR) is 151 cm³/mol. The topological polar surface area (TPSA) is 112 Å². The highest BCUT2D eigenvalue weighted by molar-refractivity contribution is 5.98. The molecule has 2 fully saturated rings. The summed E-state index contributed by atoms with van der Waals surface area (Å²) in [5.74, 6) is 1.08. The van der Waals surface area contributed by atoms with E-state index >= 15 is 0 Å². The summed E-state index contributed by atoms with van der Waals surface area (Å²) in [7, 11) is 0. The van der Waals surface area contributed by atoms with Crippen LogP contribution in [0.3, 0.4) is 0 Å². The third-order valence-electron chi connectivity index (χ3n) is 7.15. The molecule has 1 atom stereocenters. The molecule has 3 heterocycles. The summed E-state index contributed by atoms with van der Waals surface area (Å²) in [6, 6.07) is 13.6. The van der Waals surface area contributed by atoms with Gasteiger partial charge < -0.3 is 15.4 Å². The number of rotatable bonds is 10. The highest BCUT2D eigenvalue weighted by Gasteiger charge is 2.28. The molecule has 2 amide bonds. The third-order valence-corrected chi connectivity index (χ3v) is 7.15. The van der Waals surface area contributed by atoms with Crippen molar-refractivity contribution in [3.8, 4) is 11.1 Å². The predicted octanol–water partition coefficient (Wildman–Crippen LogP) is 4.55. The zero-order valence-electron chi connectivity index (χ0n) is 22.5. The van der Waals surface area contributed by atoms with Crippen LogP contribution in [0.15, 0.2) is 60.8 Å². The van der Waals surface area contributed by atoms with Crippen LogP contribution >= 0.6 is 0 Å². The first-order valence-electron chi connectivity index (χ1n) is 13.7. The Hall–Kier alpha value is -3.82. The zero-order valence-corrected chi connectivity index (χ0v) is 22.5. The number of anilines is 2. The lowest BCUT2D eigenvalue weighted by Gasteiger charge is -2.24. The average molecular weight is 529 g/mol. The average Bonchev–Trinajstić information content (AvgIpc) is 3.68. The fourth-order valence-electron chi connectivity index (χ4n) is 4.86. The molecule has 1 saturated heterocycles. The minimum atomic E-state index is -0.332. The lowest BCUT2D eigenvalue weighted by molar-refractivity contribution is -0.118. The van der Waals surface area contributed by atoms with Gasteiger partial charge in [-0.2, -0.15) is 5.10 Å². The molecule has 1 aliphatic carbocycles. The first kappa shape index (κ1) is 26.8. The number of nitrogens with one attached hydrogen (secondary N) is 3. The molecule has 3 aromatic rings. The standard InChI is InChI=1S/C30H36N6O3/c1-20(2)29(30(38)33-27-18-25(34-35-27)21-8-9-21)23-6-3-5-22(17-23)24-10-11-26(31-19-24)32-28(37)7-4-12-36-13-15-39-16-14-36/h3-7,10-11,17-21,29H,8-9,12-16H2,1-2H3,(H,31,32,37)(H2,33,34,35,38)/b7-4+/t29-/m1/s1. The molecule has 3 N–H and O–H groups in total. The number of nitrogens with zero attached hydrogens (tertiary/aromatic N) is 3. The van der Waals surface area contributed by atoms with Crippen LogP contribution in [0.4, 0.5) is 11.6 Å². The van der Waals surface area contributed by atoms with Gasteiger partial charge in [0, 0.05) is 55.1 Å². The number of ether oxygens (including phenoxy) is 1. The number of H-pyrrole nitrogens is 1. The van der Waals surface area contributed by atoms with Gasteiger partial charge in [-0.05, 0) is 42.0 Å². The number of carbonyl (C=O) groups excluding carboxylic acids is 2. The summed E-state index contributed by atoms with van der Waals surface area (Å²) < 4.78 is 5.34. The summed E-state index contributed by atoms with van der Waals surface area (Å²) in [5, 5.41) is 13.1. The Labute approximate surface area is 229 Å². The summed E-state index contributed by atoms with van der Waals surface area (Å²) in [6.07, 6.45) is 7.48. The molecule has 0 unspecified atom stereocenters. The van der Waals surface area contributed by atoms with E-state index in [9.17, 15) is 9.59 Å². The number of aromatic amines is 1. The van der Waals surface area contributed by atoms with Gasteiger partial charge in [-0.1, -0.05) is 44.2 Å². The van der Waals surface area contributed by atoms with Crippen molar-refractivity contribution in [2.45, 2.75) is 38.5 Å². The Bertz CT molecular complexity index is 1310. The minimum absolute atomic E-state index is 0.0751. The number of hydrogen-bond donors (Lipinski definition) is 3. The molecule has 1 aromatic carbocycles. The van der Waals surface area contributed by atoms with Crippen molar-refractivity contribution in [3.05, 3.63) is 72.1 Å². The molecule has 9 heteroatoms. The normalized spacial score (nSPS) is 16.9. The van der Waals surface area contributed by atoms with Crippen molar-refractivity contribution in [2.75, 3.05) is 43.5 Å². The van der Waals surface area contributed by atoms with Crippen LogP contribution in [0, 0.1) is 5.92 Å². The second kappa shape index (κ2) is 12.4. The van der Waals surface area contributed by atoms with Gasteiger partial charge in [0.05, 0.1) is 19.1 Å². The van der Waals surface area contributed by atoms with E-state index in [1.165, 1.54) is 12.8 Å². The maximum Gasteiger partial charge on any atom is 0.249 e. The van der Waals surface area contributed by atoms with Crippen molar-refractivity contribution < 1.29 is 14.3 Å². The number of morpholine rings is 1. The molecule has 9 nitrogen and oxygen atoms in total. The summed E-state index contributed by atoms with van der Waals surface area (Å²) >= 11 is 0. The maximum atomic E-state index is 13.3. The number of amides is 2. The first-order valence-corrected chi connectivity index (χ1v) is 13.7. The van der Waals surface area contributed by atoms with E-state index in [1.54, 1.807) is 18.3 Å². The van der Waals surface area contributed by atoms with Crippen LogP contribution in [0.2, 0.25) is 0 Å². The molecular formula is C30H36N6O3. The Morgan fingerprint density at radius 3 is 2.62 bits per heavy atom. The van der Waals surface area contributed by atoms with Crippen LogP contribution in [0.1, 0.15) is 49.8 Å². The minimum Gasteiger partial charge on any atom is -0.379 e. The van der Waals surface area contributed by atoms with Crippen LogP contribution in [-0.2, 0) is 14.3 Å². The number of benzene rings is 1. The molecule has 2 aromatic heterocycles. The quantitative estimate of drug-likeness (QED) is 0.333. The Morgan fingerprint density at radius 2 is 1.90 bits per heavy atom. The number of carbonyl (C=O) groups is 2. The molecule has 0 radical (unpaired) electrons. The fraction of sp³-hybridized carbons (Fsp3) is 0.400. The zero-order chi connectivity index (χ0) is 27.2. The monoisotopic (exact) mass is 528 g/mol. The van der Waals surface area contributed by atoms with Crippen molar-refractivity contribution in [3.63, 3.8) is 0 Å². The first-order chi connectivity index (χ1) is 19.0. The van der Waals surface area contributed by atoms with Gasteiger partial charge in [0.25, 0.3) is 0 Å². The van der Waals surface area contributed by atoms with Crippen molar-refractivity contribution >= 4 is 23.5 Å². The summed E-state index contributed by atoms with van der Waals surface area (Å²) in [4.78, 5) is 32.2. The molecule has 5 rings (SSSR count). The van der Waals surface area contributed by atoms with E-state index in [0.717, 1.165) is 55.2 Å². The van der Waals surface area contributed by atoms with Gasteiger partial charge >= 0.3 is 0 Å². The van der Waals surface area contributed by atoms with Crippen molar-refractivity contribution in [1.29, 1.82) is 0 Å². The van der Waals surface area contributed by atoms with Gasteiger partial charge in [0.1, 0.15) is 5.82 Å². The Kier molecular flexibility index (Phi) is 8.48. The van der Waals surface area contributed by atoms with Gasteiger partial charge in [0.15, 0.2) is 5.82 Å². The molecule has 2 aliphatic rings. The van der Waals surface area contributed by atoms with E-state index in [1.807, 2.05) is 56.3 Å². The van der Waals surface area contributed by atoms with Crippen LogP contribution < -0.4 is 10.6 Å². The van der Waals surface area contributed by atoms with Crippen LogP contribution in [-0.4, -0.2) is 64.7 Å². The number of hydrogen-bond acceptors (Lipinski definition) is 6. The molecule has 0 spiro atoms. The Balaban J connectivity index is 1.21. The van der Waals surface area contributed by atoms with Crippen molar-refractivity contribution in [2.24, 2.45) is 5.92 Å². The van der Waals surface area contributed by atoms with Gasteiger partial charge in [-0.3, -0.25) is 19.6 Å². The Morgan fingerprint density at radius 1 is 1.08 bits per heavy atom. The molecule has 39 heavy (non-hydrogen) atoms. The second-order valence-electron chi connectivity index (χ2n) is 10.6. The van der Waals surface area contributed by atoms with E-state index in [0.29, 0.717) is 17.6 Å². The van der Waals surface area contributed by atoms with E-state index < -0.39 is 0 Å². The molecule has 1 aliphatic heterocycles. The van der Waals surface area contributed by atoms with Crippen LogP contribution in [0.5, 0.6) is 0 Å². The van der Waals surface area contributed by atoms with E-state index in [-0.39, 0.29) is 23.7 Å².